The topological polar surface area (TPSA) is 54.5 Å². The fourth-order valence-electron chi connectivity index (χ4n) is 4.21. The molecule has 1 aliphatic rings. The highest BCUT2D eigenvalue weighted by molar-refractivity contribution is 6.34. The molecule has 3 aromatic rings. The summed E-state index contributed by atoms with van der Waals surface area (Å²) >= 11 is 12.5. The van der Waals surface area contributed by atoms with Crippen LogP contribution in [0.15, 0.2) is 60.8 Å². The molecule has 7 heteroatoms. The number of benzene rings is 2. The second-order valence-corrected chi connectivity index (χ2v) is 8.90. The third-order valence-corrected chi connectivity index (χ3v) is 6.42. The monoisotopic (exact) mass is 469 g/mol. The summed E-state index contributed by atoms with van der Waals surface area (Å²) in [4.78, 5) is 19.2. The molecule has 0 radical (unpaired) electrons. The summed E-state index contributed by atoms with van der Waals surface area (Å²) in [5.41, 5.74) is 3.94. The molecule has 5 nitrogen and oxygen atoms in total. The molecule has 1 unspecified atom stereocenters. The standard InChI is InChI=1S/C25H25Cl2N3O2/c1-17-11-22(6-7-23(17)24(31)29-15-21-5-3-4-9-28-21)30-10-8-25(16-30,32-2)18-12-19(26)14-20(27)13-18/h3-7,9,11-14H,8,10,15-16H2,1-2H3,(H,29,31). The molecule has 0 bridgehead atoms. The van der Waals surface area contributed by atoms with Crippen molar-refractivity contribution < 1.29 is 9.53 Å². The lowest BCUT2D eigenvalue weighted by atomic mass is 9.92. The van der Waals surface area contributed by atoms with Crippen molar-refractivity contribution in [3.63, 3.8) is 0 Å². The molecule has 1 fully saturated rings. The lowest BCUT2D eigenvalue weighted by Gasteiger charge is -2.29. The van der Waals surface area contributed by atoms with Crippen molar-refractivity contribution in [2.24, 2.45) is 0 Å². The molecule has 32 heavy (non-hydrogen) atoms. The molecule has 1 saturated heterocycles. The van der Waals surface area contributed by atoms with Gasteiger partial charge in [-0.1, -0.05) is 29.3 Å². The normalized spacial score (nSPS) is 18.1. The molecule has 1 atom stereocenters. The first-order valence-corrected chi connectivity index (χ1v) is 11.2. The summed E-state index contributed by atoms with van der Waals surface area (Å²) in [6.45, 7) is 3.84. The van der Waals surface area contributed by atoms with Gasteiger partial charge in [0.25, 0.3) is 5.91 Å². The van der Waals surface area contributed by atoms with Crippen LogP contribution in [0.25, 0.3) is 0 Å². The Bertz CT molecular complexity index is 1100. The number of methoxy groups -OCH3 is 1. The number of hydrogen-bond acceptors (Lipinski definition) is 4. The minimum absolute atomic E-state index is 0.110. The van der Waals surface area contributed by atoms with Crippen LogP contribution in [0.4, 0.5) is 5.69 Å². The van der Waals surface area contributed by atoms with Crippen molar-refractivity contribution in [3.8, 4) is 0 Å². The van der Waals surface area contributed by atoms with Crippen molar-refractivity contribution in [2.45, 2.75) is 25.5 Å². The third-order valence-electron chi connectivity index (χ3n) is 5.99. The van der Waals surface area contributed by atoms with Crippen LogP contribution in [-0.2, 0) is 16.9 Å². The largest absolute Gasteiger partial charge is 0.372 e. The van der Waals surface area contributed by atoms with Crippen LogP contribution in [0.2, 0.25) is 10.0 Å². The van der Waals surface area contributed by atoms with Crippen LogP contribution in [-0.4, -0.2) is 31.1 Å². The van der Waals surface area contributed by atoms with Crippen LogP contribution in [0.1, 0.15) is 33.6 Å². The van der Waals surface area contributed by atoms with E-state index in [0.29, 0.717) is 28.7 Å². The molecular weight excluding hydrogens is 445 g/mol. The van der Waals surface area contributed by atoms with E-state index in [-0.39, 0.29) is 5.91 Å². The maximum Gasteiger partial charge on any atom is 0.251 e. The van der Waals surface area contributed by atoms with Crippen molar-refractivity contribution in [1.29, 1.82) is 0 Å². The number of nitrogens with one attached hydrogen (secondary N) is 1. The van der Waals surface area contributed by atoms with Gasteiger partial charge in [0.2, 0.25) is 0 Å². The van der Waals surface area contributed by atoms with Gasteiger partial charge in [-0.15, -0.1) is 0 Å². The minimum Gasteiger partial charge on any atom is -0.372 e. The zero-order valence-corrected chi connectivity index (χ0v) is 19.6. The first-order chi connectivity index (χ1) is 15.4. The van der Waals surface area contributed by atoms with E-state index < -0.39 is 5.60 Å². The van der Waals surface area contributed by atoms with Crippen LogP contribution < -0.4 is 10.2 Å². The number of pyridine rings is 1. The summed E-state index contributed by atoms with van der Waals surface area (Å²) in [7, 11) is 1.72. The van der Waals surface area contributed by atoms with Gasteiger partial charge in [0, 0.05) is 41.1 Å². The molecule has 4 rings (SSSR count). The lowest BCUT2D eigenvalue weighted by Crippen LogP contribution is -2.33. The van der Waals surface area contributed by atoms with E-state index in [2.05, 4.69) is 15.2 Å². The number of amides is 1. The number of nitrogens with zero attached hydrogens (tertiary/aromatic N) is 2. The van der Waals surface area contributed by atoms with Crippen LogP contribution in [0.5, 0.6) is 0 Å². The Kier molecular flexibility index (Phi) is 6.70. The quantitative estimate of drug-likeness (QED) is 0.526. The second kappa shape index (κ2) is 9.49. The van der Waals surface area contributed by atoms with Gasteiger partial charge < -0.3 is 15.0 Å². The summed E-state index contributed by atoms with van der Waals surface area (Å²) in [5, 5.41) is 4.13. The van der Waals surface area contributed by atoms with E-state index in [4.69, 9.17) is 27.9 Å². The first-order valence-electron chi connectivity index (χ1n) is 10.5. The number of aryl methyl sites for hydroxylation is 1. The Hall–Kier alpha value is -2.60. The fourth-order valence-corrected chi connectivity index (χ4v) is 4.73. The zero-order chi connectivity index (χ0) is 22.7. The summed E-state index contributed by atoms with van der Waals surface area (Å²) in [5.74, 6) is -0.110. The predicted molar refractivity (Wildman–Crippen MR) is 129 cm³/mol. The first kappa shape index (κ1) is 22.6. The number of aromatic nitrogens is 1. The Balaban J connectivity index is 1.49. The number of hydrogen-bond donors (Lipinski definition) is 1. The highest BCUT2D eigenvalue weighted by Gasteiger charge is 2.40. The van der Waals surface area contributed by atoms with Crippen molar-refractivity contribution >= 4 is 34.8 Å². The van der Waals surface area contributed by atoms with E-state index in [1.54, 1.807) is 19.4 Å². The molecule has 1 amide bonds. The SMILES string of the molecule is COC1(c2cc(Cl)cc(Cl)c2)CCN(c2ccc(C(=O)NCc3ccccn3)c(C)c2)C1. The average Bonchev–Trinajstić information content (AvgIpc) is 3.23. The molecule has 0 saturated carbocycles. The number of carbonyl (C=O) groups excluding carboxylic acids is 1. The molecule has 2 heterocycles. The predicted octanol–water partition coefficient (Wildman–Crippen LogP) is 5.38. The maximum absolute atomic E-state index is 12.7. The molecule has 166 valence electrons. The molecule has 2 aromatic carbocycles. The highest BCUT2D eigenvalue weighted by atomic mass is 35.5. The van der Waals surface area contributed by atoms with Gasteiger partial charge in [-0.25, -0.2) is 0 Å². The smallest absolute Gasteiger partial charge is 0.251 e. The molecular formula is C25H25Cl2N3O2. The molecule has 0 spiro atoms. The molecule has 0 aliphatic carbocycles. The number of carbonyl (C=O) groups is 1. The Morgan fingerprint density at radius 2 is 1.94 bits per heavy atom. The fraction of sp³-hybridized carbons (Fsp3) is 0.280. The van der Waals surface area contributed by atoms with Gasteiger partial charge in [0.1, 0.15) is 5.60 Å². The summed E-state index contributed by atoms with van der Waals surface area (Å²) in [6.07, 6.45) is 2.53. The lowest BCUT2D eigenvalue weighted by molar-refractivity contribution is 0.00482. The Morgan fingerprint density at radius 1 is 1.16 bits per heavy atom. The van der Waals surface area contributed by atoms with E-state index in [1.165, 1.54) is 0 Å². The van der Waals surface area contributed by atoms with E-state index >= 15 is 0 Å². The number of ether oxygens (including phenoxy) is 1. The highest BCUT2D eigenvalue weighted by Crippen LogP contribution is 2.39. The maximum atomic E-state index is 12.7. The molecule has 1 aliphatic heterocycles. The van der Waals surface area contributed by atoms with Gasteiger partial charge in [-0.2, -0.15) is 0 Å². The van der Waals surface area contributed by atoms with Gasteiger partial charge in [-0.3, -0.25) is 9.78 Å². The minimum atomic E-state index is -0.485. The number of halogens is 2. The van der Waals surface area contributed by atoms with Crippen molar-refractivity contribution in [1.82, 2.24) is 10.3 Å². The van der Waals surface area contributed by atoms with Crippen LogP contribution in [0, 0.1) is 6.92 Å². The Morgan fingerprint density at radius 3 is 2.59 bits per heavy atom. The van der Waals surface area contributed by atoms with E-state index in [1.807, 2.05) is 55.5 Å². The van der Waals surface area contributed by atoms with Crippen molar-refractivity contribution in [2.75, 3.05) is 25.1 Å². The van der Waals surface area contributed by atoms with E-state index in [9.17, 15) is 4.79 Å². The third kappa shape index (κ3) is 4.75. The summed E-state index contributed by atoms with van der Waals surface area (Å²) in [6, 6.07) is 17.1. The number of rotatable bonds is 6. The summed E-state index contributed by atoms with van der Waals surface area (Å²) < 4.78 is 5.98. The average molecular weight is 470 g/mol. The van der Waals surface area contributed by atoms with Crippen LogP contribution >= 0.6 is 23.2 Å². The zero-order valence-electron chi connectivity index (χ0n) is 18.1. The van der Waals surface area contributed by atoms with Crippen molar-refractivity contribution in [3.05, 3.63) is 93.2 Å². The molecule has 1 N–H and O–H groups in total. The second-order valence-electron chi connectivity index (χ2n) is 8.03. The molecule has 1 aromatic heterocycles. The van der Waals surface area contributed by atoms with Gasteiger partial charge in [0.05, 0.1) is 18.8 Å². The van der Waals surface area contributed by atoms with Gasteiger partial charge >= 0.3 is 0 Å². The van der Waals surface area contributed by atoms with Crippen LogP contribution in [0.3, 0.4) is 0 Å². The van der Waals surface area contributed by atoms with E-state index in [0.717, 1.165) is 35.5 Å². The van der Waals surface area contributed by atoms with Gasteiger partial charge in [-0.05, 0) is 73.0 Å². The van der Waals surface area contributed by atoms with Gasteiger partial charge in [0.15, 0.2) is 0 Å². The Labute approximate surface area is 198 Å². The number of anilines is 1.